The fraction of sp³-hybridized carbons (Fsp3) is 0.375. The number of nitrogens with zero attached hydrogens (tertiary/aromatic N) is 2. The Bertz CT molecular complexity index is 673. The highest BCUT2D eigenvalue weighted by molar-refractivity contribution is 7.09. The van der Waals surface area contributed by atoms with Gasteiger partial charge in [-0.25, -0.2) is 4.98 Å². The van der Waals surface area contributed by atoms with E-state index in [0.29, 0.717) is 23.0 Å². The van der Waals surface area contributed by atoms with Gasteiger partial charge in [-0.3, -0.25) is 4.79 Å². The Morgan fingerprint density at radius 3 is 3.00 bits per heavy atom. The molecule has 116 valence electrons. The molecule has 0 N–H and O–H groups in total. The summed E-state index contributed by atoms with van der Waals surface area (Å²) in [7, 11) is 0. The lowest BCUT2D eigenvalue weighted by molar-refractivity contribution is -0.132. The Labute approximate surface area is 143 Å². The van der Waals surface area contributed by atoms with Crippen LogP contribution in [0.5, 0.6) is 0 Å². The smallest absolute Gasteiger partial charge is 0.222 e. The average Bonchev–Trinajstić information content (AvgIpc) is 2.99. The molecule has 0 radical (unpaired) electrons. The number of aryl methyl sites for hydroxylation is 1. The Balaban J connectivity index is 1.58. The normalized spacial score (nSPS) is 14.0. The Morgan fingerprint density at radius 2 is 2.23 bits per heavy atom. The summed E-state index contributed by atoms with van der Waals surface area (Å²) in [5.41, 5.74) is 2.19. The molecule has 2 aromatic rings. The number of aromatic nitrogens is 1. The molecular formula is C16H16Cl2N2OS. The van der Waals surface area contributed by atoms with Crippen LogP contribution in [-0.2, 0) is 24.2 Å². The third-order valence-electron chi connectivity index (χ3n) is 3.86. The standard InChI is InChI=1S/C16H16Cl2N2OS/c17-12-8-11-10-20(6-4-13(11)14(18)9-12)16(21)3-1-2-15-19-5-7-22-15/h5,7-9H,1-4,6,10H2. The molecule has 0 spiro atoms. The quantitative estimate of drug-likeness (QED) is 0.817. The third-order valence-corrected chi connectivity index (χ3v) is 5.26. The van der Waals surface area contributed by atoms with Crippen molar-refractivity contribution in [2.45, 2.75) is 32.2 Å². The number of thiazole rings is 1. The second kappa shape index (κ2) is 6.99. The highest BCUT2D eigenvalue weighted by atomic mass is 35.5. The number of hydrogen-bond donors (Lipinski definition) is 0. The van der Waals surface area contributed by atoms with Gasteiger partial charge in [0.2, 0.25) is 5.91 Å². The summed E-state index contributed by atoms with van der Waals surface area (Å²) in [6, 6.07) is 3.69. The average molecular weight is 355 g/mol. The van der Waals surface area contributed by atoms with Gasteiger partial charge >= 0.3 is 0 Å². The van der Waals surface area contributed by atoms with Gasteiger partial charge in [-0.05, 0) is 42.5 Å². The van der Waals surface area contributed by atoms with E-state index in [-0.39, 0.29) is 5.91 Å². The first-order valence-corrected chi connectivity index (χ1v) is 8.90. The first-order valence-electron chi connectivity index (χ1n) is 7.26. The number of halogens is 2. The highest BCUT2D eigenvalue weighted by Crippen LogP contribution is 2.30. The lowest BCUT2D eigenvalue weighted by Crippen LogP contribution is -2.36. The SMILES string of the molecule is O=C(CCCc1nccs1)N1CCc2c(Cl)cc(Cl)cc2C1. The predicted octanol–water partition coefficient (Wildman–Crippen LogP) is 4.36. The lowest BCUT2D eigenvalue weighted by atomic mass is 9.99. The van der Waals surface area contributed by atoms with Gasteiger partial charge in [0.05, 0.1) is 5.01 Å². The van der Waals surface area contributed by atoms with Crippen LogP contribution in [0.1, 0.15) is 29.0 Å². The van der Waals surface area contributed by atoms with Gasteiger partial charge in [0.25, 0.3) is 0 Å². The van der Waals surface area contributed by atoms with Crippen LogP contribution in [0.2, 0.25) is 10.0 Å². The monoisotopic (exact) mass is 354 g/mol. The molecule has 3 nitrogen and oxygen atoms in total. The van der Waals surface area contributed by atoms with Crippen LogP contribution in [0.3, 0.4) is 0 Å². The van der Waals surface area contributed by atoms with Crippen molar-refractivity contribution in [1.29, 1.82) is 0 Å². The molecule has 0 unspecified atom stereocenters. The van der Waals surface area contributed by atoms with E-state index in [2.05, 4.69) is 4.98 Å². The van der Waals surface area contributed by atoms with Gasteiger partial charge in [0, 0.05) is 41.1 Å². The maximum absolute atomic E-state index is 12.3. The van der Waals surface area contributed by atoms with Crippen LogP contribution in [0, 0.1) is 0 Å². The maximum atomic E-state index is 12.3. The van der Waals surface area contributed by atoms with Crippen LogP contribution in [-0.4, -0.2) is 22.3 Å². The maximum Gasteiger partial charge on any atom is 0.222 e. The Kier molecular flexibility index (Phi) is 5.01. The van der Waals surface area contributed by atoms with Gasteiger partial charge in [0.1, 0.15) is 0 Å². The Morgan fingerprint density at radius 1 is 1.36 bits per heavy atom. The van der Waals surface area contributed by atoms with Crippen LogP contribution in [0.25, 0.3) is 0 Å². The molecule has 2 heterocycles. The van der Waals surface area contributed by atoms with Crippen molar-refractivity contribution in [3.8, 4) is 0 Å². The number of amides is 1. The van der Waals surface area contributed by atoms with Crippen molar-refractivity contribution in [3.05, 3.63) is 49.9 Å². The number of rotatable bonds is 4. The lowest BCUT2D eigenvalue weighted by Gasteiger charge is -2.29. The Hall–Kier alpha value is -1.10. The van der Waals surface area contributed by atoms with Gasteiger partial charge < -0.3 is 4.90 Å². The molecule has 0 bridgehead atoms. The molecule has 6 heteroatoms. The minimum absolute atomic E-state index is 0.193. The van der Waals surface area contributed by atoms with E-state index in [9.17, 15) is 4.79 Å². The van der Waals surface area contributed by atoms with E-state index in [0.717, 1.165) is 41.9 Å². The first kappa shape index (κ1) is 15.8. The topological polar surface area (TPSA) is 33.2 Å². The van der Waals surface area contributed by atoms with Crippen LogP contribution < -0.4 is 0 Å². The van der Waals surface area contributed by atoms with Crippen LogP contribution >= 0.6 is 34.5 Å². The summed E-state index contributed by atoms with van der Waals surface area (Å²) in [6.07, 6.45) is 4.86. The number of fused-ring (bicyclic) bond motifs is 1. The molecule has 1 aliphatic rings. The van der Waals surface area contributed by atoms with Crippen molar-refractivity contribution >= 4 is 40.4 Å². The van der Waals surface area contributed by atoms with Crippen molar-refractivity contribution < 1.29 is 4.79 Å². The zero-order chi connectivity index (χ0) is 15.5. The molecule has 0 saturated heterocycles. The van der Waals surface area contributed by atoms with Crippen molar-refractivity contribution in [2.75, 3.05) is 6.54 Å². The van der Waals surface area contributed by atoms with Crippen molar-refractivity contribution in [2.24, 2.45) is 0 Å². The molecule has 0 aliphatic carbocycles. The molecule has 0 fully saturated rings. The molecule has 1 amide bonds. The van der Waals surface area contributed by atoms with Gasteiger partial charge in [-0.15, -0.1) is 11.3 Å². The first-order chi connectivity index (χ1) is 10.6. The number of hydrogen-bond acceptors (Lipinski definition) is 3. The summed E-state index contributed by atoms with van der Waals surface area (Å²) in [5, 5.41) is 4.39. The van der Waals surface area contributed by atoms with E-state index >= 15 is 0 Å². The summed E-state index contributed by atoms with van der Waals surface area (Å²) in [4.78, 5) is 18.5. The molecular weight excluding hydrogens is 339 g/mol. The van der Waals surface area contributed by atoms with E-state index in [1.807, 2.05) is 16.3 Å². The predicted molar refractivity (Wildman–Crippen MR) is 90.6 cm³/mol. The summed E-state index contributed by atoms with van der Waals surface area (Å²) in [5.74, 6) is 0.193. The van der Waals surface area contributed by atoms with Crippen molar-refractivity contribution in [1.82, 2.24) is 9.88 Å². The van der Waals surface area contributed by atoms with Crippen LogP contribution in [0.15, 0.2) is 23.7 Å². The molecule has 1 aromatic heterocycles. The van der Waals surface area contributed by atoms with Crippen molar-refractivity contribution in [3.63, 3.8) is 0 Å². The van der Waals surface area contributed by atoms with E-state index in [1.165, 1.54) is 0 Å². The summed E-state index contributed by atoms with van der Waals surface area (Å²) in [6.45, 7) is 1.33. The second-order valence-corrected chi connectivity index (χ2v) is 7.19. The third kappa shape index (κ3) is 3.62. The molecule has 22 heavy (non-hydrogen) atoms. The second-order valence-electron chi connectivity index (χ2n) is 5.37. The molecule has 0 atom stereocenters. The van der Waals surface area contributed by atoms with E-state index < -0.39 is 0 Å². The molecule has 1 aliphatic heterocycles. The van der Waals surface area contributed by atoms with Gasteiger partial charge in [-0.1, -0.05) is 23.2 Å². The fourth-order valence-corrected chi connectivity index (χ4v) is 4.04. The largest absolute Gasteiger partial charge is 0.338 e. The zero-order valence-electron chi connectivity index (χ0n) is 12.0. The number of carbonyl (C=O) groups excluding carboxylic acids is 1. The van der Waals surface area contributed by atoms with Gasteiger partial charge in [0.15, 0.2) is 0 Å². The summed E-state index contributed by atoms with van der Waals surface area (Å²) < 4.78 is 0. The van der Waals surface area contributed by atoms with Crippen LogP contribution in [0.4, 0.5) is 0 Å². The number of carbonyl (C=O) groups is 1. The van der Waals surface area contributed by atoms with Gasteiger partial charge in [-0.2, -0.15) is 0 Å². The summed E-state index contributed by atoms with van der Waals surface area (Å²) >= 11 is 13.9. The van der Waals surface area contributed by atoms with E-state index in [1.54, 1.807) is 23.6 Å². The zero-order valence-corrected chi connectivity index (χ0v) is 14.3. The molecule has 3 rings (SSSR count). The number of benzene rings is 1. The fourth-order valence-electron chi connectivity index (χ4n) is 2.75. The van der Waals surface area contributed by atoms with E-state index in [4.69, 9.17) is 23.2 Å². The minimum Gasteiger partial charge on any atom is -0.338 e. The molecule has 0 saturated carbocycles. The molecule has 1 aromatic carbocycles. The minimum atomic E-state index is 0.193. The highest BCUT2D eigenvalue weighted by Gasteiger charge is 2.22.